The minimum absolute atomic E-state index is 0.0121. The summed E-state index contributed by atoms with van der Waals surface area (Å²) < 4.78 is 202. The number of carbonyl (C=O) groups excluding carboxylic acids is 2. The lowest BCUT2D eigenvalue weighted by Crippen LogP contribution is -2.32. The number of halogens is 1. The van der Waals surface area contributed by atoms with Gasteiger partial charge < -0.3 is 20.7 Å². The number of sulfone groups is 1. The Balaban J connectivity index is 1.48. The molecule has 1 aromatic heterocycles. The van der Waals surface area contributed by atoms with E-state index in [0.717, 1.165) is 32.2 Å². The number of Topliss-reactive ketones (excluding diaryl/α,β-unsaturated/α-hetero) is 1. The van der Waals surface area contributed by atoms with Crippen molar-refractivity contribution in [2.75, 3.05) is 35.4 Å². The van der Waals surface area contributed by atoms with Gasteiger partial charge in [-0.25, -0.2) is 12.6 Å². The fraction of sp³-hybridized carbons (Fsp3) is 0.156. The zero-order valence-electron chi connectivity index (χ0n) is 33.6. The Hall–Kier alpha value is -5.96. The molecule has 0 aliphatic heterocycles. The molecule has 68 heavy (non-hydrogen) atoms. The molecule has 36 heteroatoms. The molecule has 0 bridgehead atoms. The fourth-order valence-corrected chi connectivity index (χ4v) is 9.92. The SMILES string of the molecule is COc1cc(Nc2nc(Cl)nc(Nc3cccc(S(=O)(=O)CCOS(=O)(=O)O)c3)n2)c(S(=O)(=O)O)cc1NC(=O)C(N=Nc1cc2c(S(=O)(=O)O)cc(S(=O)(=O)O)cc2cc1S(=O)(=O)O)C(C)=O. The van der Waals surface area contributed by atoms with Crippen LogP contribution in [0, 0.1) is 0 Å². The van der Waals surface area contributed by atoms with Crippen molar-refractivity contribution >= 4 is 129 Å². The number of ketones is 1. The highest BCUT2D eigenvalue weighted by atomic mass is 35.5. The predicted molar refractivity (Wildman–Crippen MR) is 231 cm³/mol. The maximum absolute atomic E-state index is 13.5. The van der Waals surface area contributed by atoms with Gasteiger partial charge in [0.2, 0.25) is 23.2 Å². The van der Waals surface area contributed by atoms with Gasteiger partial charge >= 0.3 is 10.4 Å². The first kappa shape index (κ1) is 53.0. The number of methoxy groups -OCH3 is 1. The Morgan fingerprint density at radius 2 is 1.32 bits per heavy atom. The van der Waals surface area contributed by atoms with Crippen LogP contribution in [0.1, 0.15) is 6.92 Å². The molecular formula is C32H29ClN8O21S6. The molecule has 366 valence electrons. The highest BCUT2D eigenvalue weighted by Crippen LogP contribution is 2.38. The summed E-state index contributed by atoms with van der Waals surface area (Å²) in [5.74, 6) is -4.74. The molecule has 0 saturated carbocycles. The molecule has 0 radical (unpaired) electrons. The van der Waals surface area contributed by atoms with Gasteiger partial charge in [0.1, 0.15) is 26.1 Å². The van der Waals surface area contributed by atoms with E-state index in [9.17, 15) is 78.3 Å². The lowest BCUT2D eigenvalue weighted by Gasteiger charge is -2.17. The second-order valence-electron chi connectivity index (χ2n) is 13.2. The van der Waals surface area contributed by atoms with Gasteiger partial charge in [0.25, 0.3) is 46.4 Å². The molecule has 1 amide bonds. The number of fused-ring (bicyclic) bond motifs is 1. The van der Waals surface area contributed by atoms with E-state index >= 15 is 0 Å². The summed E-state index contributed by atoms with van der Waals surface area (Å²) in [5.41, 5.74) is -2.10. The Morgan fingerprint density at radius 3 is 1.88 bits per heavy atom. The van der Waals surface area contributed by atoms with Crippen LogP contribution in [0.15, 0.2) is 95.4 Å². The van der Waals surface area contributed by atoms with Gasteiger partial charge in [0.05, 0.1) is 40.6 Å². The molecule has 8 N–H and O–H groups in total. The number of rotatable bonds is 19. The van der Waals surface area contributed by atoms with Gasteiger partial charge in [-0.15, -0.1) is 0 Å². The van der Waals surface area contributed by atoms with E-state index in [-0.39, 0.29) is 16.5 Å². The zero-order chi connectivity index (χ0) is 50.9. The van der Waals surface area contributed by atoms with E-state index in [2.05, 4.69) is 45.3 Å². The van der Waals surface area contributed by atoms with Gasteiger partial charge in [-0.1, -0.05) is 6.07 Å². The summed E-state index contributed by atoms with van der Waals surface area (Å²) in [4.78, 5) is 33.0. The third-order valence-corrected chi connectivity index (χ3v) is 14.3. The lowest BCUT2D eigenvalue weighted by atomic mass is 10.1. The Labute approximate surface area is 388 Å². The monoisotopic (exact) mass is 1090 g/mol. The van der Waals surface area contributed by atoms with Crippen molar-refractivity contribution < 1.29 is 91.8 Å². The molecule has 4 aromatic carbocycles. The summed E-state index contributed by atoms with van der Waals surface area (Å²) in [7, 11) is -29.3. The molecule has 0 fully saturated rings. The Bertz CT molecular complexity index is 3640. The Morgan fingerprint density at radius 1 is 0.706 bits per heavy atom. The van der Waals surface area contributed by atoms with Gasteiger partial charge in [0, 0.05) is 17.1 Å². The van der Waals surface area contributed by atoms with Crippen LogP contribution in [0.2, 0.25) is 5.28 Å². The van der Waals surface area contributed by atoms with Crippen LogP contribution < -0.4 is 20.7 Å². The second kappa shape index (κ2) is 19.6. The van der Waals surface area contributed by atoms with Gasteiger partial charge in [-0.3, -0.25) is 32.4 Å². The highest BCUT2D eigenvalue weighted by Gasteiger charge is 2.29. The van der Waals surface area contributed by atoms with Crippen molar-refractivity contribution in [3.63, 3.8) is 0 Å². The van der Waals surface area contributed by atoms with E-state index in [1.165, 1.54) is 12.1 Å². The molecule has 0 saturated heterocycles. The number of hydrogen-bond donors (Lipinski definition) is 8. The number of ether oxygens (including phenoxy) is 1. The van der Waals surface area contributed by atoms with Crippen LogP contribution in [-0.4, -0.2) is 125 Å². The highest BCUT2D eigenvalue weighted by molar-refractivity contribution is 7.91. The van der Waals surface area contributed by atoms with Crippen LogP contribution in [-0.2, 0) is 74.5 Å². The van der Waals surface area contributed by atoms with E-state index in [0.29, 0.717) is 30.3 Å². The van der Waals surface area contributed by atoms with Crippen LogP contribution in [0.25, 0.3) is 10.8 Å². The smallest absolute Gasteiger partial charge is 0.397 e. The zero-order valence-corrected chi connectivity index (χ0v) is 39.3. The summed E-state index contributed by atoms with van der Waals surface area (Å²) in [6.45, 7) is -0.120. The second-order valence-corrected chi connectivity index (χ2v) is 22.4. The fourth-order valence-electron chi connectivity index (χ4n) is 5.59. The van der Waals surface area contributed by atoms with E-state index < -0.39 is 155 Å². The number of benzene rings is 4. The molecule has 0 spiro atoms. The molecule has 1 heterocycles. The first-order valence-corrected chi connectivity index (χ1v) is 26.7. The lowest BCUT2D eigenvalue weighted by molar-refractivity contribution is -0.126. The maximum Gasteiger partial charge on any atom is 0.397 e. The van der Waals surface area contributed by atoms with Crippen molar-refractivity contribution in [2.24, 2.45) is 10.2 Å². The quantitative estimate of drug-likeness (QED) is 0.0334. The van der Waals surface area contributed by atoms with Crippen molar-refractivity contribution in [3.05, 3.63) is 65.9 Å². The standard InChI is InChI=1S/C32H29ClN8O21S6/c1-15(42)28(41-40-23-12-20-16(9-26(23)66(52,53)54)8-19(64(46,47)48)11-25(20)65(49,50)51)29(43)35-21-14-27(67(55,56)57)22(13-24(21)61-2)36-32-38-30(33)37-31(39-32)34-17-4-3-5-18(10-17)63(44,45)7-6-62-68(58,59)60/h3-5,8-14,28H,6-7H2,1-2H3,(H,35,43)(H,46,47,48)(H,49,50,51)(H,52,53,54)(H,55,56,57)(H,58,59,60)(H2,34,36,37,38,39). The van der Waals surface area contributed by atoms with Crippen molar-refractivity contribution in [1.29, 1.82) is 0 Å². The van der Waals surface area contributed by atoms with Crippen LogP contribution >= 0.6 is 11.6 Å². The van der Waals surface area contributed by atoms with Crippen molar-refractivity contribution in [3.8, 4) is 5.75 Å². The molecule has 1 unspecified atom stereocenters. The normalized spacial score (nSPS) is 13.3. The average molecular weight is 1090 g/mol. The van der Waals surface area contributed by atoms with Crippen LogP contribution in [0.5, 0.6) is 5.75 Å². The van der Waals surface area contributed by atoms with Crippen molar-refractivity contribution in [2.45, 2.75) is 37.4 Å². The molecule has 1 atom stereocenters. The summed E-state index contributed by atoms with van der Waals surface area (Å²) in [5, 5.41) is 12.4. The summed E-state index contributed by atoms with van der Waals surface area (Å²) >= 11 is 6.06. The minimum Gasteiger partial charge on any atom is -0.494 e. The van der Waals surface area contributed by atoms with Gasteiger partial charge in [-0.05, 0) is 72.4 Å². The third kappa shape index (κ3) is 13.4. The molecule has 5 rings (SSSR count). The molecule has 0 aliphatic carbocycles. The number of anilines is 5. The topological polar surface area (TPSA) is 458 Å². The van der Waals surface area contributed by atoms with E-state index in [1.807, 2.05) is 0 Å². The minimum atomic E-state index is -5.38. The first-order chi connectivity index (χ1) is 31.2. The Kier molecular flexibility index (Phi) is 15.3. The molecule has 0 aliphatic rings. The first-order valence-electron chi connectivity index (χ1n) is 17.5. The van der Waals surface area contributed by atoms with E-state index in [1.54, 1.807) is 0 Å². The summed E-state index contributed by atoms with van der Waals surface area (Å²) in [6, 6.07) is 5.99. The van der Waals surface area contributed by atoms with E-state index in [4.69, 9.17) is 20.9 Å². The number of hydrogen-bond acceptors (Lipinski definition) is 23. The molecule has 29 nitrogen and oxygen atoms in total. The van der Waals surface area contributed by atoms with Crippen molar-refractivity contribution in [1.82, 2.24) is 15.0 Å². The summed E-state index contributed by atoms with van der Waals surface area (Å²) in [6.07, 6.45) is 0. The predicted octanol–water partition coefficient (Wildman–Crippen LogP) is 2.43. The number of amides is 1. The van der Waals surface area contributed by atoms with Crippen LogP contribution in [0.3, 0.4) is 0 Å². The van der Waals surface area contributed by atoms with Gasteiger partial charge in [0.15, 0.2) is 15.6 Å². The van der Waals surface area contributed by atoms with Gasteiger partial charge in [-0.2, -0.15) is 67.3 Å². The molecule has 5 aromatic rings. The average Bonchev–Trinajstić information content (AvgIpc) is 3.18. The number of azo groups is 1. The number of carbonyl (C=O) groups is 2. The van der Waals surface area contributed by atoms with Crippen LogP contribution in [0.4, 0.5) is 34.6 Å². The molecular weight excluding hydrogens is 1060 g/mol. The largest absolute Gasteiger partial charge is 0.494 e. The number of aromatic nitrogens is 3. The maximum atomic E-state index is 13.5. The number of nitrogens with one attached hydrogen (secondary N) is 3. The third-order valence-electron chi connectivity index (χ3n) is 8.46. The number of nitrogens with zero attached hydrogens (tertiary/aromatic N) is 5.